The minimum Gasteiger partial charge on any atom is -0.478 e. The van der Waals surface area contributed by atoms with Crippen molar-refractivity contribution in [2.75, 3.05) is 6.61 Å². The number of carbonyl (C=O) groups excluding carboxylic acids is 1. The molecule has 0 spiro atoms. The van der Waals surface area contributed by atoms with Gasteiger partial charge in [-0.1, -0.05) is 6.07 Å². The highest BCUT2D eigenvalue weighted by atomic mass is 16.5. The number of nitrogens with one attached hydrogen (secondary N) is 1. The van der Waals surface area contributed by atoms with Gasteiger partial charge < -0.3 is 14.5 Å². The molecular weight excluding hydrogens is 232 g/mol. The summed E-state index contributed by atoms with van der Waals surface area (Å²) in [7, 11) is 0. The Hall–Kier alpha value is -2.30. The molecule has 1 amide bonds. The van der Waals surface area contributed by atoms with Crippen molar-refractivity contribution in [2.45, 2.75) is 13.5 Å². The van der Waals surface area contributed by atoms with Crippen molar-refractivity contribution in [3.63, 3.8) is 0 Å². The minimum absolute atomic E-state index is 0.258. The number of hydrogen-bond donors (Lipinski definition) is 1. The Balaban J connectivity index is 2.00. The van der Waals surface area contributed by atoms with E-state index in [-0.39, 0.29) is 11.7 Å². The Labute approximate surface area is 105 Å². The van der Waals surface area contributed by atoms with Crippen LogP contribution in [0.5, 0.6) is 5.88 Å². The van der Waals surface area contributed by atoms with E-state index in [0.717, 1.165) is 5.56 Å². The molecule has 0 bridgehead atoms. The van der Waals surface area contributed by atoms with E-state index in [1.165, 1.54) is 6.26 Å². The van der Waals surface area contributed by atoms with E-state index in [9.17, 15) is 4.79 Å². The minimum atomic E-state index is -0.258. The highest BCUT2D eigenvalue weighted by Crippen LogP contribution is 2.14. The zero-order valence-electron chi connectivity index (χ0n) is 10.1. The monoisotopic (exact) mass is 246 g/mol. The zero-order valence-corrected chi connectivity index (χ0v) is 10.1. The molecule has 1 N–H and O–H groups in total. The fourth-order valence-electron chi connectivity index (χ4n) is 1.50. The molecule has 0 saturated heterocycles. The van der Waals surface area contributed by atoms with Gasteiger partial charge in [-0.3, -0.25) is 4.79 Å². The standard InChI is InChI=1S/C13H14N2O3/c1-2-17-13-10(5-3-7-14-13)9-15-12(16)11-6-4-8-18-11/h3-8H,2,9H2,1H3,(H,15,16). The van der Waals surface area contributed by atoms with Crippen LogP contribution in [0.2, 0.25) is 0 Å². The van der Waals surface area contributed by atoms with Crippen LogP contribution < -0.4 is 10.1 Å². The van der Waals surface area contributed by atoms with E-state index in [2.05, 4.69) is 10.3 Å². The van der Waals surface area contributed by atoms with Gasteiger partial charge in [0.15, 0.2) is 5.76 Å². The number of ether oxygens (including phenoxy) is 1. The summed E-state index contributed by atoms with van der Waals surface area (Å²) in [5.74, 6) is 0.572. The van der Waals surface area contributed by atoms with Gasteiger partial charge >= 0.3 is 0 Å². The quantitative estimate of drug-likeness (QED) is 0.876. The van der Waals surface area contributed by atoms with E-state index in [1.807, 2.05) is 13.0 Å². The lowest BCUT2D eigenvalue weighted by atomic mass is 10.2. The number of pyridine rings is 1. The molecule has 5 nitrogen and oxygen atoms in total. The molecule has 0 aromatic carbocycles. The molecule has 0 saturated carbocycles. The van der Waals surface area contributed by atoms with Crippen molar-refractivity contribution in [3.8, 4) is 5.88 Å². The SMILES string of the molecule is CCOc1ncccc1CNC(=O)c1ccco1. The first-order valence-electron chi connectivity index (χ1n) is 5.69. The largest absolute Gasteiger partial charge is 0.478 e. The maximum atomic E-state index is 11.7. The first kappa shape index (κ1) is 12.2. The van der Waals surface area contributed by atoms with Crippen LogP contribution in [0.3, 0.4) is 0 Å². The second-order valence-electron chi connectivity index (χ2n) is 3.56. The molecule has 94 valence electrons. The highest BCUT2D eigenvalue weighted by Gasteiger charge is 2.10. The number of rotatable bonds is 5. The Bertz CT molecular complexity index is 509. The van der Waals surface area contributed by atoms with Gasteiger partial charge in [0, 0.05) is 18.3 Å². The molecule has 0 fully saturated rings. The van der Waals surface area contributed by atoms with Gasteiger partial charge in [-0.15, -0.1) is 0 Å². The molecule has 2 heterocycles. The van der Waals surface area contributed by atoms with Gasteiger partial charge in [-0.05, 0) is 25.1 Å². The topological polar surface area (TPSA) is 64.4 Å². The van der Waals surface area contributed by atoms with Crippen LogP contribution in [-0.4, -0.2) is 17.5 Å². The van der Waals surface area contributed by atoms with Crippen LogP contribution in [0.15, 0.2) is 41.1 Å². The third kappa shape index (κ3) is 2.88. The molecule has 0 aliphatic heterocycles. The summed E-state index contributed by atoms with van der Waals surface area (Å²) in [5, 5.41) is 2.75. The molecule has 0 unspecified atom stereocenters. The molecule has 0 atom stereocenters. The molecule has 18 heavy (non-hydrogen) atoms. The average Bonchev–Trinajstić information content (AvgIpc) is 2.92. The fraction of sp³-hybridized carbons (Fsp3) is 0.231. The van der Waals surface area contributed by atoms with E-state index >= 15 is 0 Å². The average molecular weight is 246 g/mol. The number of nitrogens with zero attached hydrogens (tertiary/aromatic N) is 1. The van der Waals surface area contributed by atoms with Crippen molar-refractivity contribution >= 4 is 5.91 Å². The van der Waals surface area contributed by atoms with Gasteiger partial charge in [-0.25, -0.2) is 4.98 Å². The van der Waals surface area contributed by atoms with Gasteiger partial charge in [-0.2, -0.15) is 0 Å². The molecule has 2 aromatic heterocycles. The van der Waals surface area contributed by atoms with E-state index < -0.39 is 0 Å². The summed E-state index contributed by atoms with van der Waals surface area (Å²) in [6.07, 6.45) is 3.12. The Kier molecular flexibility index (Phi) is 3.96. The third-order valence-corrected chi connectivity index (χ3v) is 2.32. The highest BCUT2D eigenvalue weighted by molar-refractivity contribution is 5.91. The number of carbonyl (C=O) groups is 1. The lowest BCUT2D eigenvalue weighted by Crippen LogP contribution is -2.22. The number of furan rings is 1. The Morgan fingerprint density at radius 1 is 1.44 bits per heavy atom. The lowest BCUT2D eigenvalue weighted by Gasteiger charge is -2.08. The molecule has 0 aliphatic carbocycles. The molecule has 0 radical (unpaired) electrons. The predicted molar refractivity (Wildman–Crippen MR) is 65.3 cm³/mol. The Morgan fingerprint density at radius 3 is 3.06 bits per heavy atom. The van der Waals surface area contributed by atoms with Gasteiger partial charge in [0.05, 0.1) is 12.9 Å². The van der Waals surface area contributed by atoms with E-state index in [1.54, 1.807) is 24.4 Å². The van der Waals surface area contributed by atoms with Crippen molar-refractivity contribution < 1.29 is 13.9 Å². The fourth-order valence-corrected chi connectivity index (χ4v) is 1.50. The van der Waals surface area contributed by atoms with Crippen LogP contribution >= 0.6 is 0 Å². The Morgan fingerprint density at radius 2 is 2.33 bits per heavy atom. The van der Waals surface area contributed by atoms with E-state index in [4.69, 9.17) is 9.15 Å². The summed E-state index contributed by atoms with van der Waals surface area (Å²) >= 11 is 0. The number of aromatic nitrogens is 1. The second-order valence-corrected chi connectivity index (χ2v) is 3.56. The predicted octanol–water partition coefficient (Wildman–Crippen LogP) is 2.00. The van der Waals surface area contributed by atoms with Crippen LogP contribution in [-0.2, 0) is 6.54 Å². The smallest absolute Gasteiger partial charge is 0.287 e. The maximum absolute atomic E-state index is 11.7. The van der Waals surface area contributed by atoms with Crippen molar-refractivity contribution in [1.82, 2.24) is 10.3 Å². The van der Waals surface area contributed by atoms with Gasteiger partial charge in [0.25, 0.3) is 5.91 Å². The molecule has 5 heteroatoms. The van der Waals surface area contributed by atoms with Gasteiger partial charge in [0.2, 0.25) is 5.88 Å². The summed E-state index contributed by atoms with van der Waals surface area (Å²) < 4.78 is 10.4. The van der Waals surface area contributed by atoms with Crippen molar-refractivity contribution in [1.29, 1.82) is 0 Å². The molecule has 0 aliphatic rings. The molecular formula is C13H14N2O3. The van der Waals surface area contributed by atoms with Crippen molar-refractivity contribution in [3.05, 3.63) is 48.0 Å². The first-order valence-corrected chi connectivity index (χ1v) is 5.69. The van der Waals surface area contributed by atoms with E-state index in [0.29, 0.717) is 19.0 Å². The number of amides is 1. The zero-order chi connectivity index (χ0) is 12.8. The van der Waals surface area contributed by atoms with Crippen molar-refractivity contribution in [2.24, 2.45) is 0 Å². The lowest BCUT2D eigenvalue weighted by molar-refractivity contribution is 0.0923. The molecule has 2 aromatic rings. The third-order valence-electron chi connectivity index (χ3n) is 2.32. The second kappa shape index (κ2) is 5.86. The molecule has 2 rings (SSSR count). The van der Waals surface area contributed by atoms with Gasteiger partial charge in [0.1, 0.15) is 0 Å². The van der Waals surface area contributed by atoms with Crippen LogP contribution in [0.1, 0.15) is 23.0 Å². The van der Waals surface area contributed by atoms with Crippen LogP contribution in [0, 0.1) is 0 Å². The van der Waals surface area contributed by atoms with Crippen LogP contribution in [0.4, 0.5) is 0 Å². The summed E-state index contributed by atoms with van der Waals surface area (Å²) in [6, 6.07) is 6.95. The summed E-state index contributed by atoms with van der Waals surface area (Å²) in [5.41, 5.74) is 0.833. The summed E-state index contributed by atoms with van der Waals surface area (Å²) in [6.45, 7) is 2.78. The normalized spacial score (nSPS) is 10.1. The summed E-state index contributed by atoms with van der Waals surface area (Å²) in [4.78, 5) is 15.8. The van der Waals surface area contributed by atoms with Crippen LogP contribution in [0.25, 0.3) is 0 Å². The first-order chi connectivity index (χ1) is 8.81. The maximum Gasteiger partial charge on any atom is 0.287 e. The number of hydrogen-bond acceptors (Lipinski definition) is 4.